The molecule has 0 aliphatic carbocycles. The van der Waals surface area contributed by atoms with E-state index >= 15 is 0 Å². The van der Waals surface area contributed by atoms with Gasteiger partial charge >= 0.3 is 0 Å². The second-order valence-corrected chi connectivity index (χ2v) is 4.32. The minimum atomic E-state index is 0.135. The third-order valence-corrected chi connectivity index (χ3v) is 3.11. The van der Waals surface area contributed by atoms with Gasteiger partial charge in [-0.15, -0.1) is 0 Å². The molecule has 0 saturated carbocycles. The Hall–Kier alpha value is -1.10. The Bertz CT molecular complexity index is 264. The molecule has 0 aromatic heterocycles. The molecule has 17 heavy (non-hydrogen) atoms. The largest absolute Gasteiger partial charge is 0.352 e. The fraction of sp³-hybridized carbons (Fsp3) is 0.833. The molecular weight excluding hydrogens is 218 g/mol. The van der Waals surface area contributed by atoms with Gasteiger partial charge in [0.25, 0.3) is 0 Å². The first-order chi connectivity index (χ1) is 8.17. The van der Waals surface area contributed by atoms with Gasteiger partial charge in [-0.1, -0.05) is 0 Å². The minimum absolute atomic E-state index is 0.135. The highest BCUT2D eigenvalue weighted by molar-refractivity contribution is 5.78. The number of nitrogens with zero attached hydrogens (tertiary/aromatic N) is 1. The van der Waals surface area contributed by atoms with Gasteiger partial charge in [-0.3, -0.25) is 9.59 Å². The number of nitrogens with one attached hydrogen (secondary N) is 2. The molecule has 5 nitrogen and oxygen atoms in total. The van der Waals surface area contributed by atoms with Crippen molar-refractivity contribution in [2.24, 2.45) is 0 Å². The van der Waals surface area contributed by atoms with Crippen LogP contribution in [0.4, 0.5) is 0 Å². The topological polar surface area (TPSA) is 61.4 Å². The van der Waals surface area contributed by atoms with Crippen LogP contribution in [0.1, 0.15) is 33.1 Å². The van der Waals surface area contributed by atoms with Crippen LogP contribution in [0.5, 0.6) is 0 Å². The van der Waals surface area contributed by atoms with Gasteiger partial charge < -0.3 is 15.5 Å². The van der Waals surface area contributed by atoms with Crippen molar-refractivity contribution in [2.45, 2.75) is 39.2 Å². The lowest BCUT2D eigenvalue weighted by atomic mass is 10.2. The molecule has 0 aromatic rings. The first-order valence-corrected chi connectivity index (χ1v) is 6.45. The fourth-order valence-electron chi connectivity index (χ4n) is 2.04. The van der Waals surface area contributed by atoms with Gasteiger partial charge in [0.05, 0.1) is 0 Å². The van der Waals surface area contributed by atoms with Crippen LogP contribution < -0.4 is 10.6 Å². The molecule has 0 aromatic carbocycles. The molecule has 1 rings (SSSR count). The summed E-state index contributed by atoms with van der Waals surface area (Å²) in [6, 6.07) is 0.242. The van der Waals surface area contributed by atoms with Crippen molar-refractivity contribution in [3.05, 3.63) is 0 Å². The molecule has 1 unspecified atom stereocenters. The highest BCUT2D eigenvalue weighted by atomic mass is 16.2. The van der Waals surface area contributed by atoms with E-state index in [1.165, 1.54) is 0 Å². The van der Waals surface area contributed by atoms with Crippen molar-refractivity contribution < 1.29 is 9.59 Å². The lowest BCUT2D eigenvalue weighted by Crippen LogP contribution is -2.38. The summed E-state index contributed by atoms with van der Waals surface area (Å²) in [7, 11) is 0. The molecule has 1 heterocycles. The van der Waals surface area contributed by atoms with Crippen molar-refractivity contribution in [2.75, 3.05) is 26.2 Å². The summed E-state index contributed by atoms with van der Waals surface area (Å²) in [6.07, 6.45) is 2.06. The number of rotatable bonds is 7. The molecule has 98 valence electrons. The lowest BCUT2D eigenvalue weighted by molar-refractivity contribution is -0.130. The standard InChI is InChI=1S/C12H23N3O2/c1-3-15(4-2)12(17)7-8-13-9-10-5-6-11(16)14-10/h10,13H,3-9H2,1-2H3,(H,14,16). The Morgan fingerprint density at radius 2 is 2.18 bits per heavy atom. The van der Waals surface area contributed by atoms with E-state index in [2.05, 4.69) is 10.6 Å². The van der Waals surface area contributed by atoms with E-state index in [0.29, 0.717) is 19.4 Å². The number of carbonyl (C=O) groups excluding carboxylic acids is 2. The van der Waals surface area contributed by atoms with Gasteiger partial charge in [-0.2, -0.15) is 0 Å². The lowest BCUT2D eigenvalue weighted by Gasteiger charge is -2.19. The Labute approximate surface area is 103 Å². The van der Waals surface area contributed by atoms with Crippen molar-refractivity contribution >= 4 is 11.8 Å². The van der Waals surface area contributed by atoms with Crippen LogP contribution in [0.15, 0.2) is 0 Å². The maximum absolute atomic E-state index is 11.7. The van der Waals surface area contributed by atoms with Crippen LogP contribution in [0.3, 0.4) is 0 Å². The Kier molecular flexibility index (Phi) is 5.97. The maximum Gasteiger partial charge on any atom is 0.223 e. The SMILES string of the molecule is CCN(CC)C(=O)CCNCC1CCC(=O)N1. The monoisotopic (exact) mass is 241 g/mol. The van der Waals surface area contributed by atoms with E-state index in [0.717, 1.165) is 26.1 Å². The quantitative estimate of drug-likeness (QED) is 0.622. The van der Waals surface area contributed by atoms with Crippen LogP contribution in [0, 0.1) is 0 Å². The number of hydrogen-bond acceptors (Lipinski definition) is 3. The predicted octanol–water partition coefficient (Wildman–Crippen LogP) is 0.113. The van der Waals surface area contributed by atoms with Gasteiger partial charge in [0.15, 0.2) is 0 Å². The summed E-state index contributed by atoms with van der Waals surface area (Å²) in [4.78, 5) is 24.5. The summed E-state index contributed by atoms with van der Waals surface area (Å²) in [5.41, 5.74) is 0. The second-order valence-electron chi connectivity index (χ2n) is 4.32. The van der Waals surface area contributed by atoms with Gasteiger partial charge in [-0.25, -0.2) is 0 Å². The number of amides is 2. The zero-order valence-electron chi connectivity index (χ0n) is 10.8. The molecular formula is C12H23N3O2. The Morgan fingerprint density at radius 1 is 1.47 bits per heavy atom. The second kappa shape index (κ2) is 7.27. The maximum atomic E-state index is 11.7. The van der Waals surface area contributed by atoms with E-state index in [1.807, 2.05) is 18.7 Å². The molecule has 5 heteroatoms. The van der Waals surface area contributed by atoms with E-state index in [1.54, 1.807) is 0 Å². The zero-order chi connectivity index (χ0) is 12.7. The third kappa shape index (κ3) is 4.73. The van der Waals surface area contributed by atoms with Gasteiger partial charge in [0, 0.05) is 45.1 Å². The average molecular weight is 241 g/mol. The summed E-state index contributed by atoms with van der Waals surface area (Å²) in [5, 5.41) is 6.11. The molecule has 2 N–H and O–H groups in total. The number of hydrogen-bond donors (Lipinski definition) is 2. The van der Waals surface area contributed by atoms with Gasteiger partial charge in [0.1, 0.15) is 0 Å². The van der Waals surface area contributed by atoms with Crippen LogP contribution in [0.2, 0.25) is 0 Å². The first kappa shape index (κ1) is 14.0. The average Bonchev–Trinajstić information content (AvgIpc) is 2.72. The highest BCUT2D eigenvalue weighted by Crippen LogP contribution is 2.04. The van der Waals surface area contributed by atoms with Crippen LogP contribution in [-0.4, -0.2) is 48.9 Å². The fourth-order valence-corrected chi connectivity index (χ4v) is 2.04. The van der Waals surface area contributed by atoms with Gasteiger partial charge in [-0.05, 0) is 20.3 Å². The van der Waals surface area contributed by atoms with E-state index < -0.39 is 0 Å². The molecule has 2 amide bonds. The summed E-state index contributed by atoms with van der Waals surface area (Å²) < 4.78 is 0. The van der Waals surface area contributed by atoms with Crippen molar-refractivity contribution in [1.82, 2.24) is 15.5 Å². The molecule has 1 fully saturated rings. The molecule has 0 radical (unpaired) electrons. The molecule has 1 aliphatic heterocycles. The molecule has 0 bridgehead atoms. The van der Waals surface area contributed by atoms with E-state index in [4.69, 9.17) is 0 Å². The number of carbonyl (C=O) groups is 2. The van der Waals surface area contributed by atoms with E-state index in [-0.39, 0.29) is 17.9 Å². The summed E-state index contributed by atoms with van der Waals surface area (Å²) in [5.74, 6) is 0.328. The zero-order valence-corrected chi connectivity index (χ0v) is 10.8. The van der Waals surface area contributed by atoms with Crippen LogP contribution in [0.25, 0.3) is 0 Å². The smallest absolute Gasteiger partial charge is 0.223 e. The third-order valence-electron chi connectivity index (χ3n) is 3.11. The molecule has 1 aliphatic rings. The normalized spacial score (nSPS) is 19.2. The van der Waals surface area contributed by atoms with Crippen LogP contribution in [-0.2, 0) is 9.59 Å². The van der Waals surface area contributed by atoms with Crippen molar-refractivity contribution in [1.29, 1.82) is 0 Å². The van der Waals surface area contributed by atoms with E-state index in [9.17, 15) is 9.59 Å². The predicted molar refractivity (Wildman–Crippen MR) is 66.6 cm³/mol. The Balaban J connectivity index is 2.07. The van der Waals surface area contributed by atoms with Gasteiger partial charge in [0.2, 0.25) is 11.8 Å². The minimum Gasteiger partial charge on any atom is -0.352 e. The highest BCUT2D eigenvalue weighted by Gasteiger charge is 2.19. The molecule has 1 saturated heterocycles. The summed E-state index contributed by atoms with van der Waals surface area (Å²) in [6.45, 7) is 6.97. The Morgan fingerprint density at radius 3 is 2.71 bits per heavy atom. The molecule has 1 atom stereocenters. The van der Waals surface area contributed by atoms with Crippen molar-refractivity contribution in [3.63, 3.8) is 0 Å². The van der Waals surface area contributed by atoms with Crippen LogP contribution >= 0.6 is 0 Å². The first-order valence-electron chi connectivity index (χ1n) is 6.45. The molecule has 0 spiro atoms. The van der Waals surface area contributed by atoms with Crippen molar-refractivity contribution in [3.8, 4) is 0 Å². The summed E-state index contributed by atoms with van der Waals surface area (Å²) >= 11 is 0.